The SMILES string of the molecule is CC1(NS(=O)(=O)c2cc(CO)ccc2Cl)CC1. The van der Waals surface area contributed by atoms with Crippen LogP contribution in [0.1, 0.15) is 25.3 Å². The third-order valence-corrected chi connectivity index (χ3v) is 4.97. The third-order valence-electron chi connectivity index (χ3n) is 2.85. The molecule has 4 nitrogen and oxygen atoms in total. The molecule has 0 heterocycles. The molecule has 17 heavy (non-hydrogen) atoms. The second-order valence-corrected chi connectivity index (χ2v) is 6.65. The van der Waals surface area contributed by atoms with Gasteiger partial charge < -0.3 is 5.11 Å². The van der Waals surface area contributed by atoms with Crippen LogP contribution in [0.2, 0.25) is 5.02 Å². The zero-order valence-electron chi connectivity index (χ0n) is 9.40. The zero-order chi connectivity index (χ0) is 12.7. The molecule has 2 rings (SSSR count). The number of hydrogen-bond acceptors (Lipinski definition) is 3. The molecular formula is C11H14ClNO3S. The maximum atomic E-state index is 12.1. The molecule has 0 amide bonds. The molecule has 1 saturated carbocycles. The third kappa shape index (κ3) is 2.80. The van der Waals surface area contributed by atoms with E-state index in [0.29, 0.717) is 5.56 Å². The van der Waals surface area contributed by atoms with E-state index in [4.69, 9.17) is 16.7 Å². The Labute approximate surface area is 106 Å². The Bertz CT molecular complexity index is 538. The highest BCUT2D eigenvalue weighted by molar-refractivity contribution is 7.89. The fraction of sp³-hybridized carbons (Fsp3) is 0.455. The van der Waals surface area contributed by atoms with Gasteiger partial charge in [0.25, 0.3) is 0 Å². The minimum Gasteiger partial charge on any atom is -0.392 e. The van der Waals surface area contributed by atoms with Crippen LogP contribution >= 0.6 is 11.6 Å². The van der Waals surface area contributed by atoms with Crippen molar-refractivity contribution in [1.82, 2.24) is 4.72 Å². The van der Waals surface area contributed by atoms with Crippen molar-refractivity contribution in [1.29, 1.82) is 0 Å². The monoisotopic (exact) mass is 275 g/mol. The number of aliphatic hydroxyl groups is 1. The first-order chi connectivity index (χ1) is 7.86. The van der Waals surface area contributed by atoms with Gasteiger partial charge in [0.1, 0.15) is 4.90 Å². The molecule has 6 heteroatoms. The van der Waals surface area contributed by atoms with Crippen molar-refractivity contribution in [3.05, 3.63) is 28.8 Å². The van der Waals surface area contributed by atoms with E-state index in [1.807, 2.05) is 6.92 Å². The van der Waals surface area contributed by atoms with Gasteiger partial charge in [-0.1, -0.05) is 17.7 Å². The van der Waals surface area contributed by atoms with Gasteiger partial charge >= 0.3 is 0 Å². The summed E-state index contributed by atoms with van der Waals surface area (Å²) in [5.41, 5.74) is 0.188. The number of benzene rings is 1. The number of sulfonamides is 1. The normalized spacial score (nSPS) is 18.1. The minimum atomic E-state index is -3.61. The van der Waals surface area contributed by atoms with Crippen LogP contribution < -0.4 is 4.72 Å². The fourth-order valence-corrected chi connectivity index (χ4v) is 3.54. The van der Waals surface area contributed by atoms with Crippen LogP contribution in [-0.2, 0) is 16.6 Å². The largest absolute Gasteiger partial charge is 0.392 e. The van der Waals surface area contributed by atoms with Gasteiger partial charge in [-0.3, -0.25) is 0 Å². The Morgan fingerprint density at radius 2 is 2.12 bits per heavy atom. The van der Waals surface area contributed by atoms with Crippen molar-refractivity contribution in [3.63, 3.8) is 0 Å². The lowest BCUT2D eigenvalue weighted by atomic mass is 10.2. The van der Waals surface area contributed by atoms with Gasteiger partial charge in [0, 0.05) is 5.54 Å². The number of hydrogen-bond donors (Lipinski definition) is 2. The van der Waals surface area contributed by atoms with Crippen molar-refractivity contribution in [2.75, 3.05) is 0 Å². The van der Waals surface area contributed by atoms with Crippen LogP contribution in [-0.4, -0.2) is 19.1 Å². The topological polar surface area (TPSA) is 66.4 Å². The first kappa shape index (κ1) is 12.8. The van der Waals surface area contributed by atoms with E-state index < -0.39 is 10.0 Å². The van der Waals surface area contributed by atoms with Gasteiger partial charge in [0.2, 0.25) is 10.0 Å². The first-order valence-electron chi connectivity index (χ1n) is 5.30. The molecule has 0 radical (unpaired) electrons. The van der Waals surface area contributed by atoms with E-state index in [1.165, 1.54) is 12.1 Å². The first-order valence-corrected chi connectivity index (χ1v) is 7.16. The lowest BCUT2D eigenvalue weighted by Crippen LogP contribution is -2.34. The van der Waals surface area contributed by atoms with E-state index in [-0.39, 0.29) is 22.1 Å². The Morgan fingerprint density at radius 3 is 2.65 bits per heavy atom. The Kier molecular flexibility index (Phi) is 3.20. The van der Waals surface area contributed by atoms with Crippen molar-refractivity contribution in [2.45, 2.75) is 36.8 Å². The lowest BCUT2D eigenvalue weighted by Gasteiger charge is -2.13. The smallest absolute Gasteiger partial charge is 0.242 e. The summed E-state index contributed by atoms with van der Waals surface area (Å²) in [6.07, 6.45) is 1.67. The highest BCUT2D eigenvalue weighted by Crippen LogP contribution is 2.36. The van der Waals surface area contributed by atoms with Crippen molar-refractivity contribution < 1.29 is 13.5 Å². The van der Waals surface area contributed by atoms with Crippen LogP contribution in [0.5, 0.6) is 0 Å². The second kappa shape index (κ2) is 4.24. The van der Waals surface area contributed by atoms with Gasteiger partial charge in [0.15, 0.2) is 0 Å². The van der Waals surface area contributed by atoms with Crippen molar-refractivity contribution in [2.24, 2.45) is 0 Å². The van der Waals surface area contributed by atoms with E-state index >= 15 is 0 Å². The molecule has 1 aromatic rings. The number of rotatable bonds is 4. The molecule has 1 aliphatic carbocycles. The van der Waals surface area contributed by atoms with Crippen LogP contribution in [0.4, 0.5) is 0 Å². The van der Waals surface area contributed by atoms with E-state index in [1.54, 1.807) is 6.07 Å². The molecular weight excluding hydrogens is 262 g/mol. The number of aliphatic hydroxyl groups excluding tert-OH is 1. The van der Waals surface area contributed by atoms with Gasteiger partial charge in [-0.15, -0.1) is 0 Å². The number of nitrogens with one attached hydrogen (secondary N) is 1. The van der Waals surface area contributed by atoms with Crippen LogP contribution in [0.15, 0.2) is 23.1 Å². The summed E-state index contributed by atoms with van der Waals surface area (Å²) in [6, 6.07) is 4.48. The van der Waals surface area contributed by atoms with Gasteiger partial charge in [0.05, 0.1) is 11.6 Å². The maximum absolute atomic E-state index is 12.1. The van der Waals surface area contributed by atoms with Crippen LogP contribution in [0.25, 0.3) is 0 Å². The summed E-state index contributed by atoms with van der Waals surface area (Å²) in [7, 11) is -3.61. The summed E-state index contributed by atoms with van der Waals surface area (Å²) >= 11 is 5.89. The summed E-state index contributed by atoms with van der Waals surface area (Å²) in [5, 5.41) is 9.17. The Morgan fingerprint density at radius 1 is 1.47 bits per heavy atom. The molecule has 1 aromatic carbocycles. The molecule has 2 N–H and O–H groups in total. The molecule has 0 atom stereocenters. The molecule has 1 aliphatic rings. The lowest BCUT2D eigenvalue weighted by molar-refractivity contribution is 0.281. The zero-order valence-corrected chi connectivity index (χ0v) is 11.0. The minimum absolute atomic E-state index is 0.0267. The van der Waals surface area contributed by atoms with Gasteiger partial charge in [-0.25, -0.2) is 13.1 Å². The molecule has 0 bridgehead atoms. The average molecular weight is 276 g/mol. The summed E-state index contributed by atoms with van der Waals surface area (Å²) < 4.78 is 26.8. The molecule has 0 saturated heterocycles. The molecule has 94 valence electrons. The van der Waals surface area contributed by atoms with E-state index in [0.717, 1.165) is 12.8 Å². The second-order valence-electron chi connectivity index (χ2n) is 4.59. The molecule has 1 fully saturated rings. The number of halogens is 1. The average Bonchev–Trinajstić information content (AvgIpc) is 2.95. The molecule has 0 spiro atoms. The highest BCUT2D eigenvalue weighted by atomic mass is 35.5. The predicted octanol–water partition coefficient (Wildman–Crippen LogP) is 1.66. The quantitative estimate of drug-likeness (QED) is 0.878. The maximum Gasteiger partial charge on any atom is 0.242 e. The van der Waals surface area contributed by atoms with Crippen LogP contribution in [0, 0.1) is 0 Å². The predicted molar refractivity (Wildman–Crippen MR) is 65.3 cm³/mol. The van der Waals surface area contributed by atoms with E-state index in [9.17, 15) is 8.42 Å². The van der Waals surface area contributed by atoms with Crippen LogP contribution in [0.3, 0.4) is 0 Å². The summed E-state index contributed by atoms with van der Waals surface area (Å²) in [5.74, 6) is 0. The molecule has 0 unspecified atom stereocenters. The standard InChI is InChI=1S/C11H14ClNO3S/c1-11(4-5-11)13-17(15,16)10-6-8(7-14)2-3-9(10)12/h2-3,6,13-14H,4-5,7H2,1H3. The van der Waals surface area contributed by atoms with Gasteiger partial charge in [-0.2, -0.15) is 0 Å². The Hall–Kier alpha value is -0.620. The fourth-order valence-electron chi connectivity index (χ4n) is 1.52. The molecule has 0 aliphatic heterocycles. The highest BCUT2D eigenvalue weighted by Gasteiger charge is 2.41. The van der Waals surface area contributed by atoms with Crippen molar-refractivity contribution >= 4 is 21.6 Å². The Balaban J connectivity index is 2.38. The van der Waals surface area contributed by atoms with Crippen molar-refractivity contribution in [3.8, 4) is 0 Å². The van der Waals surface area contributed by atoms with E-state index in [2.05, 4.69) is 4.72 Å². The summed E-state index contributed by atoms with van der Waals surface area (Å²) in [4.78, 5) is 0.0267. The molecule has 0 aromatic heterocycles. The van der Waals surface area contributed by atoms with Gasteiger partial charge in [-0.05, 0) is 37.5 Å². The summed E-state index contributed by atoms with van der Waals surface area (Å²) in [6.45, 7) is 1.64.